The Hall–Kier alpha value is -0.980. The van der Waals surface area contributed by atoms with Gasteiger partial charge in [-0.25, -0.2) is 0 Å². The molecule has 0 N–H and O–H groups in total. The zero-order valence-corrected chi connectivity index (χ0v) is 9.97. The standard InChI is InChI=1S/C14H20O/c1-11-6-7-13(15-11)9-12-5-4-8-14(2,3)10-12/h5-7H,4,8-10H2,1-3H3. The third kappa shape index (κ3) is 2.74. The summed E-state index contributed by atoms with van der Waals surface area (Å²) in [6.07, 6.45) is 7.14. The minimum Gasteiger partial charge on any atom is -0.466 e. The van der Waals surface area contributed by atoms with Gasteiger partial charge in [-0.1, -0.05) is 25.5 Å². The van der Waals surface area contributed by atoms with Crippen molar-refractivity contribution in [2.75, 3.05) is 0 Å². The highest BCUT2D eigenvalue weighted by Crippen LogP contribution is 2.36. The fourth-order valence-electron chi connectivity index (χ4n) is 2.38. The predicted molar refractivity (Wildman–Crippen MR) is 62.9 cm³/mol. The molecule has 0 bridgehead atoms. The number of hydrogen-bond donors (Lipinski definition) is 0. The third-order valence-electron chi connectivity index (χ3n) is 3.16. The molecule has 0 spiro atoms. The smallest absolute Gasteiger partial charge is 0.108 e. The molecule has 0 atom stereocenters. The monoisotopic (exact) mass is 204 g/mol. The molecule has 0 aliphatic heterocycles. The van der Waals surface area contributed by atoms with E-state index in [0.717, 1.165) is 17.9 Å². The zero-order chi connectivity index (χ0) is 10.9. The van der Waals surface area contributed by atoms with Gasteiger partial charge < -0.3 is 4.42 Å². The summed E-state index contributed by atoms with van der Waals surface area (Å²) in [4.78, 5) is 0. The first-order valence-corrected chi connectivity index (χ1v) is 5.78. The van der Waals surface area contributed by atoms with Gasteiger partial charge in [0, 0.05) is 6.42 Å². The molecule has 0 saturated carbocycles. The quantitative estimate of drug-likeness (QED) is 0.656. The number of allylic oxidation sites excluding steroid dienone is 2. The second kappa shape index (κ2) is 3.88. The highest BCUT2D eigenvalue weighted by Gasteiger charge is 2.22. The lowest BCUT2D eigenvalue weighted by Crippen LogP contribution is -2.16. The lowest BCUT2D eigenvalue weighted by molar-refractivity contribution is 0.315. The number of rotatable bonds is 2. The van der Waals surface area contributed by atoms with Crippen LogP contribution in [0.25, 0.3) is 0 Å². The van der Waals surface area contributed by atoms with Crippen LogP contribution in [0.2, 0.25) is 0 Å². The maximum absolute atomic E-state index is 5.61. The molecular formula is C14H20O. The van der Waals surface area contributed by atoms with Crippen LogP contribution in [0, 0.1) is 12.3 Å². The lowest BCUT2D eigenvalue weighted by atomic mass is 9.76. The molecule has 0 unspecified atom stereocenters. The summed E-state index contributed by atoms with van der Waals surface area (Å²) in [6.45, 7) is 6.71. The van der Waals surface area contributed by atoms with Gasteiger partial charge >= 0.3 is 0 Å². The van der Waals surface area contributed by atoms with Gasteiger partial charge in [-0.15, -0.1) is 0 Å². The average Bonchev–Trinajstić information content (AvgIpc) is 2.49. The summed E-state index contributed by atoms with van der Waals surface area (Å²) in [5.41, 5.74) is 2.02. The van der Waals surface area contributed by atoms with E-state index in [9.17, 15) is 0 Å². The number of aryl methyl sites for hydroxylation is 1. The Morgan fingerprint density at radius 2 is 2.13 bits per heavy atom. The maximum Gasteiger partial charge on any atom is 0.108 e. The second-order valence-corrected chi connectivity index (χ2v) is 5.43. The molecule has 0 fully saturated rings. The van der Waals surface area contributed by atoms with Gasteiger partial charge in [0.2, 0.25) is 0 Å². The van der Waals surface area contributed by atoms with Gasteiger partial charge in [0.05, 0.1) is 0 Å². The molecule has 0 amide bonds. The highest BCUT2D eigenvalue weighted by molar-refractivity contribution is 5.18. The number of furan rings is 1. The molecule has 2 rings (SSSR count). The number of hydrogen-bond acceptors (Lipinski definition) is 1. The summed E-state index contributed by atoms with van der Waals surface area (Å²) < 4.78 is 5.61. The summed E-state index contributed by atoms with van der Waals surface area (Å²) in [5, 5.41) is 0. The first kappa shape index (κ1) is 10.5. The topological polar surface area (TPSA) is 13.1 Å². The summed E-state index contributed by atoms with van der Waals surface area (Å²) in [7, 11) is 0. The van der Waals surface area contributed by atoms with Crippen LogP contribution in [0.5, 0.6) is 0 Å². The first-order chi connectivity index (χ1) is 7.05. The van der Waals surface area contributed by atoms with Crippen LogP contribution in [-0.4, -0.2) is 0 Å². The lowest BCUT2D eigenvalue weighted by Gasteiger charge is -2.29. The maximum atomic E-state index is 5.61. The van der Waals surface area contributed by atoms with E-state index in [0.29, 0.717) is 5.41 Å². The predicted octanol–water partition coefficient (Wildman–Crippen LogP) is 4.27. The largest absolute Gasteiger partial charge is 0.466 e. The third-order valence-corrected chi connectivity index (χ3v) is 3.16. The zero-order valence-electron chi connectivity index (χ0n) is 9.97. The van der Waals surface area contributed by atoms with E-state index in [1.807, 2.05) is 13.0 Å². The van der Waals surface area contributed by atoms with Crippen molar-refractivity contribution >= 4 is 0 Å². The summed E-state index contributed by atoms with van der Waals surface area (Å²) >= 11 is 0. The first-order valence-electron chi connectivity index (χ1n) is 5.78. The Balaban J connectivity index is 2.04. The van der Waals surface area contributed by atoms with Crippen LogP contribution in [0.1, 0.15) is 44.6 Å². The Morgan fingerprint density at radius 3 is 2.73 bits per heavy atom. The van der Waals surface area contributed by atoms with E-state index < -0.39 is 0 Å². The van der Waals surface area contributed by atoms with E-state index in [4.69, 9.17) is 4.42 Å². The van der Waals surface area contributed by atoms with E-state index in [1.54, 1.807) is 5.57 Å². The molecule has 0 radical (unpaired) electrons. The van der Waals surface area contributed by atoms with E-state index in [2.05, 4.69) is 26.0 Å². The Labute approximate surface area is 92.2 Å². The fourth-order valence-corrected chi connectivity index (χ4v) is 2.38. The molecule has 82 valence electrons. The van der Waals surface area contributed by atoms with E-state index >= 15 is 0 Å². The summed E-state index contributed by atoms with van der Waals surface area (Å²) in [5.74, 6) is 2.12. The van der Waals surface area contributed by atoms with Crippen molar-refractivity contribution in [2.45, 2.75) is 46.5 Å². The molecule has 1 aliphatic rings. The Bertz CT molecular complexity index is 368. The second-order valence-electron chi connectivity index (χ2n) is 5.43. The van der Waals surface area contributed by atoms with Crippen LogP contribution in [0.3, 0.4) is 0 Å². The van der Waals surface area contributed by atoms with Crippen molar-refractivity contribution in [3.63, 3.8) is 0 Å². The average molecular weight is 204 g/mol. The normalized spacial score (nSPS) is 20.1. The molecular weight excluding hydrogens is 184 g/mol. The van der Waals surface area contributed by atoms with E-state index in [-0.39, 0.29) is 0 Å². The van der Waals surface area contributed by atoms with Crippen LogP contribution in [0.4, 0.5) is 0 Å². The van der Waals surface area contributed by atoms with Gasteiger partial charge in [-0.3, -0.25) is 0 Å². The van der Waals surface area contributed by atoms with E-state index in [1.165, 1.54) is 19.3 Å². The SMILES string of the molecule is Cc1ccc(CC2=CCCC(C)(C)C2)o1. The van der Waals surface area contributed by atoms with Crippen LogP contribution < -0.4 is 0 Å². The van der Waals surface area contributed by atoms with Gasteiger partial charge in [0.1, 0.15) is 11.5 Å². The summed E-state index contributed by atoms with van der Waals surface area (Å²) in [6, 6.07) is 4.14. The molecule has 15 heavy (non-hydrogen) atoms. The van der Waals surface area contributed by atoms with Gasteiger partial charge in [0.25, 0.3) is 0 Å². The molecule has 0 saturated heterocycles. The van der Waals surface area contributed by atoms with Crippen molar-refractivity contribution in [1.29, 1.82) is 0 Å². The molecule has 1 nitrogen and oxygen atoms in total. The van der Waals surface area contributed by atoms with Gasteiger partial charge in [-0.2, -0.15) is 0 Å². The molecule has 1 aliphatic carbocycles. The molecule has 1 aromatic rings. The van der Waals surface area contributed by atoms with Gasteiger partial charge in [-0.05, 0) is 43.7 Å². The minimum absolute atomic E-state index is 0.478. The van der Waals surface area contributed by atoms with Crippen LogP contribution in [0.15, 0.2) is 28.2 Å². The fraction of sp³-hybridized carbons (Fsp3) is 0.571. The highest BCUT2D eigenvalue weighted by atomic mass is 16.3. The Kier molecular flexibility index (Phi) is 2.72. The molecule has 1 heteroatoms. The van der Waals surface area contributed by atoms with Crippen LogP contribution >= 0.6 is 0 Å². The minimum atomic E-state index is 0.478. The van der Waals surface area contributed by atoms with Crippen molar-refractivity contribution in [2.24, 2.45) is 5.41 Å². The Morgan fingerprint density at radius 1 is 1.33 bits per heavy atom. The van der Waals surface area contributed by atoms with Crippen molar-refractivity contribution in [3.8, 4) is 0 Å². The van der Waals surface area contributed by atoms with Gasteiger partial charge in [0.15, 0.2) is 0 Å². The van der Waals surface area contributed by atoms with Crippen molar-refractivity contribution in [3.05, 3.63) is 35.3 Å². The molecule has 1 heterocycles. The molecule has 0 aromatic carbocycles. The van der Waals surface area contributed by atoms with Crippen molar-refractivity contribution in [1.82, 2.24) is 0 Å². The van der Waals surface area contributed by atoms with Crippen molar-refractivity contribution < 1.29 is 4.42 Å². The molecule has 1 aromatic heterocycles. The van der Waals surface area contributed by atoms with Crippen LogP contribution in [-0.2, 0) is 6.42 Å².